The molecule has 0 radical (unpaired) electrons. The molecule has 0 aliphatic carbocycles. The van der Waals surface area contributed by atoms with Crippen LogP contribution in [0.3, 0.4) is 0 Å². The number of benzene rings is 3. The summed E-state index contributed by atoms with van der Waals surface area (Å²) in [7, 11) is 0. The fourth-order valence-corrected chi connectivity index (χ4v) is 4.84. The molecule has 0 spiro atoms. The highest BCUT2D eigenvalue weighted by atomic mass is 19.4. The van der Waals surface area contributed by atoms with Crippen LogP contribution in [0.2, 0.25) is 0 Å². The van der Waals surface area contributed by atoms with Crippen molar-refractivity contribution in [3.05, 3.63) is 71.3 Å². The first-order valence-corrected chi connectivity index (χ1v) is 12.0. The summed E-state index contributed by atoms with van der Waals surface area (Å²) in [6.45, 7) is 5.68. The molecule has 2 aliphatic heterocycles. The Balaban J connectivity index is 1.08. The first-order chi connectivity index (χ1) is 16.9. The highest BCUT2D eigenvalue weighted by molar-refractivity contribution is 5.98. The number of alkyl halides is 3. The maximum Gasteiger partial charge on any atom is 0.416 e. The third kappa shape index (κ3) is 5.22. The van der Waals surface area contributed by atoms with E-state index in [4.69, 9.17) is 4.74 Å². The van der Waals surface area contributed by atoms with E-state index in [1.807, 2.05) is 30.3 Å². The lowest BCUT2D eigenvalue weighted by Crippen LogP contribution is -2.46. The van der Waals surface area contributed by atoms with Gasteiger partial charge in [0.2, 0.25) is 0 Å². The number of nitrogens with zero attached hydrogens (tertiary/aromatic N) is 2. The van der Waals surface area contributed by atoms with Gasteiger partial charge < -0.3 is 15.0 Å². The number of fused-ring (bicyclic) bond motifs is 2. The summed E-state index contributed by atoms with van der Waals surface area (Å²) in [4.78, 5) is 16.5. The van der Waals surface area contributed by atoms with Crippen molar-refractivity contribution >= 4 is 22.4 Å². The van der Waals surface area contributed by atoms with Crippen LogP contribution in [0.15, 0.2) is 54.6 Å². The molecule has 0 unspecified atom stereocenters. The van der Waals surface area contributed by atoms with Crippen LogP contribution in [-0.4, -0.2) is 50.1 Å². The molecule has 2 heterocycles. The molecule has 1 saturated heterocycles. The lowest BCUT2D eigenvalue weighted by Gasteiger charge is -2.36. The predicted octanol–water partition coefficient (Wildman–Crippen LogP) is 5.08. The molecular weight excluding hydrogens is 455 g/mol. The second-order valence-electron chi connectivity index (χ2n) is 9.10. The van der Waals surface area contributed by atoms with E-state index >= 15 is 0 Å². The minimum Gasteiger partial charge on any atom is -0.494 e. The van der Waals surface area contributed by atoms with Gasteiger partial charge in [0.15, 0.2) is 0 Å². The third-order valence-electron chi connectivity index (χ3n) is 6.80. The average Bonchev–Trinajstić information content (AvgIpc) is 3.23. The number of hydrogen-bond donors (Lipinski definition) is 1. The van der Waals surface area contributed by atoms with Crippen LogP contribution in [0, 0.1) is 0 Å². The van der Waals surface area contributed by atoms with Gasteiger partial charge in [-0.2, -0.15) is 13.2 Å². The Kier molecular flexibility index (Phi) is 6.56. The average molecular weight is 484 g/mol. The Morgan fingerprint density at radius 3 is 2.57 bits per heavy atom. The first-order valence-electron chi connectivity index (χ1n) is 12.0. The Labute approximate surface area is 202 Å². The number of nitrogens with one attached hydrogen (secondary N) is 1. The van der Waals surface area contributed by atoms with Gasteiger partial charge in [-0.15, -0.1) is 0 Å². The highest BCUT2D eigenvalue weighted by Gasteiger charge is 2.30. The Bertz CT molecular complexity index is 1220. The molecule has 0 bridgehead atoms. The van der Waals surface area contributed by atoms with E-state index in [-0.39, 0.29) is 5.91 Å². The largest absolute Gasteiger partial charge is 0.494 e. The van der Waals surface area contributed by atoms with Crippen LogP contribution < -0.4 is 15.0 Å². The van der Waals surface area contributed by atoms with E-state index in [1.54, 1.807) is 12.1 Å². The van der Waals surface area contributed by atoms with Crippen molar-refractivity contribution in [2.45, 2.75) is 25.6 Å². The number of carbonyl (C=O) groups is 1. The number of carbonyl (C=O) groups excluding carboxylic acids is 1. The zero-order valence-corrected chi connectivity index (χ0v) is 19.4. The van der Waals surface area contributed by atoms with Crippen molar-refractivity contribution in [2.24, 2.45) is 0 Å². The van der Waals surface area contributed by atoms with Gasteiger partial charge in [0, 0.05) is 49.4 Å². The van der Waals surface area contributed by atoms with Gasteiger partial charge in [0.25, 0.3) is 5.91 Å². The van der Waals surface area contributed by atoms with Crippen molar-refractivity contribution in [3.8, 4) is 5.75 Å². The van der Waals surface area contributed by atoms with E-state index in [2.05, 4.69) is 15.1 Å². The van der Waals surface area contributed by atoms with Crippen molar-refractivity contribution in [1.82, 2.24) is 10.2 Å². The van der Waals surface area contributed by atoms with E-state index in [0.29, 0.717) is 24.1 Å². The second-order valence-corrected chi connectivity index (χ2v) is 9.10. The van der Waals surface area contributed by atoms with Crippen LogP contribution in [0.4, 0.5) is 18.9 Å². The molecule has 0 aromatic heterocycles. The van der Waals surface area contributed by atoms with Crippen LogP contribution in [0.1, 0.15) is 34.3 Å². The zero-order chi connectivity index (χ0) is 24.4. The van der Waals surface area contributed by atoms with Gasteiger partial charge >= 0.3 is 6.18 Å². The van der Waals surface area contributed by atoms with Crippen LogP contribution in [0.5, 0.6) is 5.75 Å². The molecule has 1 amide bonds. The molecule has 5 nitrogen and oxygen atoms in total. The normalized spacial score (nSPS) is 16.4. The molecule has 3 aromatic carbocycles. The van der Waals surface area contributed by atoms with E-state index in [1.165, 1.54) is 12.1 Å². The summed E-state index contributed by atoms with van der Waals surface area (Å²) in [6, 6.07) is 15.2. The monoisotopic (exact) mass is 483 g/mol. The standard InChI is InChI=1S/C27H28F3N3O2/c28-27(29,30)21-7-9-23-19(16-21)4-3-5-25(23)33-13-11-32(12-14-33)10-1-2-15-35-22-8-6-20-18-31-26(34)24(20)17-22/h3-9,16-17H,1-2,10-15,18H2,(H,31,34). The number of ether oxygens (including phenoxy) is 1. The van der Waals surface area contributed by atoms with Gasteiger partial charge in [-0.05, 0) is 60.7 Å². The highest BCUT2D eigenvalue weighted by Crippen LogP contribution is 2.34. The number of anilines is 1. The fourth-order valence-electron chi connectivity index (χ4n) is 4.84. The van der Waals surface area contributed by atoms with Gasteiger partial charge in [-0.1, -0.05) is 24.3 Å². The molecule has 184 valence electrons. The minimum atomic E-state index is -4.33. The fraction of sp³-hybridized carbons (Fsp3) is 0.370. The lowest BCUT2D eigenvalue weighted by atomic mass is 10.0. The van der Waals surface area contributed by atoms with Crippen molar-refractivity contribution < 1.29 is 22.7 Å². The second kappa shape index (κ2) is 9.77. The topological polar surface area (TPSA) is 44.8 Å². The summed E-state index contributed by atoms with van der Waals surface area (Å²) in [6.07, 6.45) is -2.40. The summed E-state index contributed by atoms with van der Waals surface area (Å²) in [5.41, 5.74) is 2.09. The molecule has 1 N–H and O–H groups in total. The molecular formula is C27H28F3N3O2. The summed E-state index contributed by atoms with van der Waals surface area (Å²) in [5.74, 6) is 0.686. The number of amides is 1. The molecule has 0 atom stereocenters. The summed E-state index contributed by atoms with van der Waals surface area (Å²) in [5, 5.41) is 4.28. The van der Waals surface area contributed by atoms with Crippen LogP contribution in [0.25, 0.3) is 10.8 Å². The first kappa shape index (κ1) is 23.5. The summed E-state index contributed by atoms with van der Waals surface area (Å²) >= 11 is 0. The van der Waals surface area contributed by atoms with Crippen LogP contribution >= 0.6 is 0 Å². The maximum absolute atomic E-state index is 13.1. The smallest absolute Gasteiger partial charge is 0.416 e. The molecule has 5 rings (SSSR count). The number of halogens is 3. The molecule has 3 aromatic rings. The molecule has 8 heteroatoms. The van der Waals surface area contributed by atoms with Gasteiger partial charge in [0.1, 0.15) is 5.75 Å². The minimum absolute atomic E-state index is 0.0425. The third-order valence-corrected chi connectivity index (χ3v) is 6.80. The predicted molar refractivity (Wildman–Crippen MR) is 130 cm³/mol. The molecule has 0 saturated carbocycles. The molecule has 2 aliphatic rings. The Morgan fingerprint density at radius 2 is 1.77 bits per heavy atom. The molecule has 35 heavy (non-hydrogen) atoms. The van der Waals surface area contributed by atoms with Crippen LogP contribution in [-0.2, 0) is 12.7 Å². The number of hydrogen-bond acceptors (Lipinski definition) is 4. The molecule has 1 fully saturated rings. The quantitative estimate of drug-likeness (QED) is 0.476. The number of piperazine rings is 1. The van der Waals surface area contributed by atoms with Crippen molar-refractivity contribution in [1.29, 1.82) is 0 Å². The zero-order valence-electron chi connectivity index (χ0n) is 19.4. The Morgan fingerprint density at radius 1 is 0.943 bits per heavy atom. The summed E-state index contributed by atoms with van der Waals surface area (Å²) < 4.78 is 45.1. The number of unbranched alkanes of at least 4 members (excludes halogenated alkanes) is 1. The van der Waals surface area contributed by atoms with E-state index in [9.17, 15) is 18.0 Å². The van der Waals surface area contributed by atoms with Gasteiger partial charge in [-0.25, -0.2) is 0 Å². The van der Waals surface area contributed by atoms with Crippen molar-refractivity contribution in [2.75, 3.05) is 44.2 Å². The Hall–Kier alpha value is -3.26. The van der Waals surface area contributed by atoms with E-state index < -0.39 is 11.7 Å². The SMILES string of the molecule is O=C1NCc2ccc(OCCCCN3CCN(c4cccc5cc(C(F)(F)F)ccc45)CC3)cc21. The number of rotatable bonds is 7. The van der Waals surface area contributed by atoms with Crippen molar-refractivity contribution in [3.63, 3.8) is 0 Å². The maximum atomic E-state index is 13.1. The van der Waals surface area contributed by atoms with Gasteiger partial charge in [0.05, 0.1) is 12.2 Å². The van der Waals surface area contributed by atoms with E-state index in [0.717, 1.165) is 68.0 Å². The lowest BCUT2D eigenvalue weighted by molar-refractivity contribution is -0.137. The van der Waals surface area contributed by atoms with Gasteiger partial charge in [-0.3, -0.25) is 9.69 Å².